The van der Waals surface area contributed by atoms with Gasteiger partial charge in [-0.1, -0.05) is 61.6 Å². The highest BCUT2D eigenvalue weighted by atomic mass is 32.2. The van der Waals surface area contributed by atoms with Crippen molar-refractivity contribution in [2.45, 2.75) is 141 Å². The number of carbonyl (C=O) groups excluding carboxylic acids is 2. The molecule has 5 fully saturated rings. The van der Waals surface area contributed by atoms with E-state index in [2.05, 4.69) is 24.1 Å². The van der Waals surface area contributed by atoms with Crippen LogP contribution >= 0.6 is 11.3 Å². The molecule has 4 bridgehead atoms. The molecule has 4 saturated carbocycles. The van der Waals surface area contributed by atoms with Crippen LogP contribution in [0.15, 0.2) is 79.0 Å². The topological polar surface area (TPSA) is 355 Å². The number of benzene rings is 3. The maximum Gasteiger partial charge on any atom is 0.410 e. The van der Waals surface area contributed by atoms with E-state index in [-0.39, 0.29) is 58.9 Å². The lowest BCUT2D eigenvalue weighted by atomic mass is 9.39. The molecule has 26 heteroatoms. The number of aryl methyl sites for hydroxylation is 1. The number of pyridine rings is 1. The van der Waals surface area contributed by atoms with E-state index in [0.29, 0.717) is 73.1 Å². The molecule has 2 aliphatic heterocycles. The third-order valence-corrected chi connectivity index (χ3v) is 19.8. The standard InChI is InChI=1S/C62H75N9O15S2/c1-36-42(40-16-17-47(67-48(40)54(76)77)70-20-18-38-10-8-11-41(43(38)27-70)53(75)68-57-66-44-12-4-5-13-46(44)87-57)26-65-71(36)35-61-30-59(2)29-60(3,31-61)33-62(32-59,34-61)84-23-21-69(22-24-88(64,81)82)58(80)83-28-39-15-14-37(9-6-7-19-63)25-45(39)85-56-51(74)49(72)50(73)52(86-56)55(78)79/h4-5,8,10-17,25-26,49-52,56,72-74H,6-7,9,18-24,27-35,63H2,1-3H3,(H,76,77)(H,78,79)(H2,64,81,82)(H,66,68,75)/t49-,50-,51+,52-,56+,59?,60?,61?,62?/m1/s1. The van der Waals surface area contributed by atoms with Gasteiger partial charge in [0, 0.05) is 60.7 Å². The molecule has 24 nitrogen and oxygen atoms in total. The summed E-state index contributed by atoms with van der Waals surface area (Å²) in [6.07, 6.45) is -0.992. The predicted octanol–water partition coefficient (Wildman–Crippen LogP) is 5.99. The van der Waals surface area contributed by atoms with Crippen LogP contribution in [0.4, 0.5) is 15.7 Å². The summed E-state index contributed by atoms with van der Waals surface area (Å²) < 4.78 is 51.8. The minimum Gasteiger partial charge on any atom is -0.479 e. The number of aliphatic carboxylic acids is 1. The van der Waals surface area contributed by atoms with Gasteiger partial charge in [0.25, 0.3) is 5.91 Å². The maximum atomic E-state index is 14.1. The summed E-state index contributed by atoms with van der Waals surface area (Å²) in [5, 5.41) is 65.8. The number of aromatic carboxylic acids is 1. The molecule has 5 heterocycles. The van der Waals surface area contributed by atoms with Crippen LogP contribution in [-0.2, 0) is 61.6 Å². The summed E-state index contributed by atoms with van der Waals surface area (Å²) in [6, 6.07) is 22.0. The number of hydrogen-bond donors (Lipinski definition) is 8. The number of nitrogens with zero attached hydrogens (tertiary/aromatic N) is 6. The zero-order valence-corrected chi connectivity index (χ0v) is 50.9. The number of aromatic nitrogens is 4. The number of ether oxygens (including phenoxy) is 4. The number of rotatable bonds is 23. The van der Waals surface area contributed by atoms with Gasteiger partial charge in [-0.2, -0.15) is 5.10 Å². The summed E-state index contributed by atoms with van der Waals surface area (Å²) >= 11 is 1.40. The predicted molar refractivity (Wildman–Crippen MR) is 324 cm³/mol. The van der Waals surface area contributed by atoms with Gasteiger partial charge in [-0.15, -0.1) is 0 Å². The molecule has 88 heavy (non-hydrogen) atoms. The largest absolute Gasteiger partial charge is 0.479 e. The van der Waals surface area contributed by atoms with Crippen molar-refractivity contribution in [1.29, 1.82) is 0 Å². The highest BCUT2D eigenvalue weighted by Crippen LogP contribution is 2.72. The number of amides is 2. The highest BCUT2D eigenvalue weighted by molar-refractivity contribution is 7.89. The fourth-order valence-electron chi connectivity index (χ4n) is 15.3. The number of nitrogens with one attached hydrogen (secondary N) is 1. The lowest BCUT2D eigenvalue weighted by molar-refractivity contribution is -0.271. The number of nitrogens with two attached hydrogens (primary N) is 2. The number of aliphatic hydroxyl groups excluding tert-OH is 3. The van der Waals surface area contributed by atoms with Crippen molar-refractivity contribution < 1.29 is 72.1 Å². The first kappa shape index (κ1) is 62.5. The van der Waals surface area contributed by atoms with E-state index in [1.165, 1.54) is 16.2 Å². The maximum absolute atomic E-state index is 14.1. The van der Waals surface area contributed by atoms with Crippen LogP contribution in [0, 0.1) is 23.2 Å². The Balaban J connectivity index is 0.774. The number of para-hydroxylation sites is 1. The molecule has 0 spiro atoms. The molecule has 1 saturated heterocycles. The van der Waals surface area contributed by atoms with Crippen molar-refractivity contribution in [1.82, 2.24) is 24.6 Å². The lowest BCUT2D eigenvalue weighted by Crippen LogP contribution is -2.64. The molecule has 6 aromatic rings. The molecule has 4 aliphatic carbocycles. The number of sulfonamides is 1. The normalized spacial score (nSPS) is 26.4. The number of fused-ring (bicyclic) bond motifs is 2. The van der Waals surface area contributed by atoms with Gasteiger partial charge >= 0.3 is 18.0 Å². The first-order chi connectivity index (χ1) is 41.8. The molecule has 470 valence electrons. The Morgan fingerprint density at radius 2 is 1.66 bits per heavy atom. The fraction of sp³-hybridized carbons (Fsp3) is 0.500. The van der Waals surface area contributed by atoms with E-state index in [0.717, 1.165) is 77.5 Å². The minimum atomic E-state index is -4.05. The lowest BCUT2D eigenvalue weighted by Gasteiger charge is -2.69. The summed E-state index contributed by atoms with van der Waals surface area (Å²) in [5.74, 6) is -3.13. The number of anilines is 2. The number of carboxylic acid groups (broad SMARTS) is 2. The smallest absolute Gasteiger partial charge is 0.410 e. The van der Waals surface area contributed by atoms with E-state index >= 15 is 0 Å². The number of hydrogen-bond acceptors (Lipinski definition) is 19. The monoisotopic (exact) mass is 1250 g/mol. The van der Waals surface area contributed by atoms with Gasteiger partial charge in [-0.3, -0.25) is 14.8 Å². The molecule has 12 rings (SSSR count). The van der Waals surface area contributed by atoms with E-state index in [4.69, 9.17) is 39.9 Å². The SMILES string of the molecule is Cc1c(-c2ccc(N3CCc4cccc(C(=O)Nc5nc6ccccc6s5)c4C3)nc2C(=O)O)cnn1CC12CC3(C)CC(C)(C1)CC(OCCN(CCS(N)(=O)=O)C(=O)OCc1ccc(CCCCN)cc1O[C@H]1O[C@@H](C(=O)O)[C@H](O)[C@@H](O)[C@@H]1O)(C3)C2. The number of aliphatic hydroxyl groups is 3. The minimum absolute atomic E-state index is 0.0288. The quantitative estimate of drug-likeness (QED) is 0.0341. The zero-order valence-electron chi connectivity index (χ0n) is 49.3. The van der Waals surface area contributed by atoms with Crippen molar-refractivity contribution in [3.63, 3.8) is 0 Å². The van der Waals surface area contributed by atoms with Gasteiger partial charge in [-0.25, -0.2) is 37.9 Å². The third kappa shape index (κ3) is 13.3. The van der Waals surface area contributed by atoms with Crippen LogP contribution in [0.25, 0.3) is 21.3 Å². The second-order valence-electron chi connectivity index (χ2n) is 25.4. The van der Waals surface area contributed by atoms with Gasteiger partial charge < -0.3 is 60.0 Å². The average Bonchev–Trinajstić information content (AvgIpc) is 1.34. The Morgan fingerprint density at radius 1 is 0.886 bits per heavy atom. The summed E-state index contributed by atoms with van der Waals surface area (Å²) in [5.41, 5.74) is 10.5. The number of carboxylic acids is 2. The number of unbranched alkanes of at least 4 members (excludes halogenated alkanes) is 1. The molecule has 10 N–H and O–H groups in total. The average molecular weight is 1250 g/mol. The van der Waals surface area contributed by atoms with E-state index < -0.39 is 76.7 Å². The van der Waals surface area contributed by atoms with Gasteiger partial charge in [0.2, 0.25) is 16.3 Å². The summed E-state index contributed by atoms with van der Waals surface area (Å²) in [6.45, 7) is 7.64. The van der Waals surface area contributed by atoms with Gasteiger partial charge in [0.05, 0.1) is 34.4 Å². The van der Waals surface area contributed by atoms with Gasteiger partial charge in [-0.05, 0) is 147 Å². The summed E-state index contributed by atoms with van der Waals surface area (Å²) in [4.78, 5) is 65.5. The molecular formula is C62H75N9O15S2. The molecule has 2 amide bonds. The molecule has 3 aromatic heterocycles. The molecular weight excluding hydrogens is 1170 g/mol. The van der Waals surface area contributed by atoms with Crippen LogP contribution in [0.3, 0.4) is 0 Å². The summed E-state index contributed by atoms with van der Waals surface area (Å²) in [7, 11) is -4.05. The first-order valence-corrected chi connectivity index (χ1v) is 32.1. The molecule has 7 atom stereocenters. The van der Waals surface area contributed by atoms with Crippen molar-refractivity contribution in [3.8, 4) is 16.9 Å². The van der Waals surface area contributed by atoms with Gasteiger partial charge in [0.15, 0.2) is 16.9 Å². The molecule has 6 aliphatic rings. The van der Waals surface area contributed by atoms with Crippen molar-refractivity contribution in [3.05, 3.63) is 118 Å². The van der Waals surface area contributed by atoms with Crippen molar-refractivity contribution >= 4 is 66.5 Å². The second-order valence-corrected chi connectivity index (χ2v) is 28.2. The Labute approximate surface area is 512 Å². The van der Waals surface area contributed by atoms with E-state index in [1.807, 2.05) is 59.0 Å². The second kappa shape index (κ2) is 24.7. The number of thiazole rings is 1. The zero-order chi connectivity index (χ0) is 62.5. The van der Waals surface area contributed by atoms with Crippen LogP contribution in [-0.4, -0.2) is 157 Å². The molecule has 3 aromatic carbocycles. The number of carbonyl (C=O) groups is 4. The first-order valence-electron chi connectivity index (χ1n) is 29.6. The Hall–Kier alpha value is -7.14. The van der Waals surface area contributed by atoms with Crippen LogP contribution in [0.1, 0.15) is 114 Å². The third-order valence-electron chi connectivity index (χ3n) is 18.1. The Bertz CT molecular complexity index is 3710. The van der Waals surface area contributed by atoms with Crippen LogP contribution in [0.5, 0.6) is 5.75 Å². The van der Waals surface area contributed by atoms with Crippen LogP contribution < -0.4 is 25.8 Å². The van der Waals surface area contributed by atoms with Crippen molar-refractivity contribution in [2.75, 3.05) is 48.8 Å². The van der Waals surface area contributed by atoms with E-state index in [1.54, 1.807) is 36.5 Å². The Kier molecular flexibility index (Phi) is 17.5. The Morgan fingerprint density at radius 3 is 2.39 bits per heavy atom. The van der Waals surface area contributed by atoms with Gasteiger partial charge in [0.1, 0.15) is 36.5 Å². The van der Waals surface area contributed by atoms with E-state index in [9.17, 15) is 53.1 Å². The fourth-order valence-corrected chi connectivity index (χ4v) is 16.6. The van der Waals surface area contributed by atoms with Crippen LogP contribution in [0.2, 0.25) is 0 Å². The highest BCUT2D eigenvalue weighted by Gasteiger charge is 2.66. The number of primary sulfonamides is 1. The molecule has 2 unspecified atom stereocenters. The van der Waals surface area contributed by atoms with Crippen molar-refractivity contribution in [2.24, 2.45) is 27.1 Å². The molecule has 0 radical (unpaired) electrons.